The first kappa shape index (κ1) is 5.99. The third-order valence-electron chi connectivity index (χ3n) is 2.01. The molecular formula is C8H7N3O. The van der Waals surface area contributed by atoms with Gasteiger partial charge in [-0.25, -0.2) is 4.98 Å². The largest absolute Gasteiger partial charge is 0.463 e. The van der Waals surface area contributed by atoms with E-state index in [2.05, 4.69) is 9.97 Å². The van der Waals surface area contributed by atoms with Gasteiger partial charge in [0.05, 0.1) is 6.54 Å². The standard InChI is InChI=1S/C8H7N3O/c1-2-6-7(9-3-1)11-4-5-12-8(11)10-6/h1-3H,4-5H2. The summed E-state index contributed by atoms with van der Waals surface area (Å²) >= 11 is 0. The molecule has 3 rings (SSSR count). The summed E-state index contributed by atoms with van der Waals surface area (Å²) in [6, 6.07) is 4.52. The molecule has 0 spiro atoms. The molecule has 60 valence electrons. The Hall–Kier alpha value is -1.58. The molecule has 2 aromatic heterocycles. The second kappa shape index (κ2) is 1.97. The maximum Gasteiger partial charge on any atom is 0.298 e. The molecule has 4 heteroatoms. The highest BCUT2D eigenvalue weighted by Crippen LogP contribution is 2.22. The summed E-state index contributed by atoms with van der Waals surface area (Å²) in [6.45, 7) is 1.58. The van der Waals surface area contributed by atoms with Gasteiger partial charge in [-0.05, 0) is 12.1 Å². The average molecular weight is 161 g/mol. The molecule has 4 nitrogen and oxygen atoms in total. The van der Waals surface area contributed by atoms with Crippen LogP contribution in [-0.4, -0.2) is 21.1 Å². The molecule has 3 heterocycles. The van der Waals surface area contributed by atoms with Crippen LogP contribution >= 0.6 is 0 Å². The Morgan fingerprint density at radius 1 is 1.50 bits per heavy atom. The lowest BCUT2D eigenvalue weighted by molar-refractivity contribution is 0.346. The zero-order valence-electron chi connectivity index (χ0n) is 6.40. The first-order valence-corrected chi connectivity index (χ1v) is 3.89. The summed E-state index contributed by atoms with van der Waals surface area (Å²) < 4.78 is 7.29. The molecule has 0 aliphatic carbocycles. The minimum absolute atomic E-state index is 0.698. The summed E-state index contributed by atoms with van der Waals surface area (Å²) in [5.41, 5.74) is 1.83. The summed E-state index contributed by atoms with van der Waals surface area (Å²) in [5.74, 6) is 0. The van der Waals surface area contributed by atoms with Gasteiger partial charge in [0.15, 0.2) is 5.65 Å². The first-order chi connectivity index (χ1) is 5.95. The van der Waals surface area contributed by atoms with Crippen molar-refractivity contribution in [2.45, 2.75) is 6.54 Å². The Morgan fingerprint density at radius 3 is 3.50 bits per heavy atom. The first-order valence-electron chi connectivity index (χ1n) is 3.89. The molecule has 0 atom stereocenters. The number of aromatic nitrogens is 3. The Bertz CT molecular complexity index is 435. The van der Waals surface area contributed by atoms with E-state index in [1.807, 2.05) is 16.7 Å². The second-order valence-electron chi connectivity index (χ2n) is 2.74. The van der Waals surface area contributed by atoms with E-state index >= 15 is 0 Å². The molecule has 2 aromatic rings. The van der Waals surface area contributed by atoms with Crippen molar-refractivity contribution < 1.29 is 4.74 Å². The Balaban J connectivity index is 2.44. The Kier molecular flexibility index (Phi) is 0.983. The number of imidazole rings is 1. The van der Waals surface area contributed by atoms with Crippen molar-refractivity contribution in [2.75, 3.05) is 6.61 Å². The minimum atomic E-state index is 0.698. The molecule has 1 aliphatic rings. The highest BCUT2D eigenvalue weighted by atomic mass is 16.5. The van der Waals surface area contributed by atoms with Crippen molar-refractivity contribution in [3.05, 3.63) is 18.3 Å². The van der Waals surface area contributed by atoms with Gasteiger partial charge in [0.25, 0.3) is 6.01 Å². The van der Waals surface area contributed by atoms with Crippen LogP contribution in [0, 0.1) is 0 Å². The predicted octanol–water partition coefficient (Wildman–Crippen LogP) is 0.824. The molecule has 1 aliphatic heterocycles. The average Bonchev–Trinajstić information content (AvgIpc) is 2.62. The van der Waals surface area contributed by atoms with Crippen LogP contribution < -0.4 is 4.74 Å². The maximum absolute atomic E-state index is 5.30. The fourth-order valence-electron chi connectivity index (χ4n) is 1.48. The Morgan fingerprint density at radius 2 is 2.50 bits per heavy atom. The fourth-order valence-corrected chi connectivity index (χ4v) is 1.48. The normalized spacial score (nSPS) is 14.7. The van der Waals surface area contributed by atoms with Gasteiger partial charge in [0, 0.05) is 6.20 Å². The van der Waals surface area contributed by atoms with Gasteiger partial charge in [-0.1, -0.05) is 0 Å². The van der Waals surface area contributed by atoms with Gasteiger partial charge in [0.1, 0.15) is 12.1 Å². The van der Waals surface area contributed by atoms with Crippen molar-refractivity contribution >= 4 is 11.2 Å². The van der Waals surface area contributed by atoms with Crippen molar-refractivity contribution in [1.29, 1.82) is 0 Å². The van der Waals surface area contributed by atoms with Crippen molar-refractivity contribution in [3.8, 4) is 6.01 Å². The number of rotatable bonds is 0. The van der Waals surface area contributed by atoms with Crippen LogP contribution in [0.2, 0.25) is 0 Å². The molecule has 0 unspecified atom stereocenters. The van der Waals surface area contributed by atoms with Crippen molar-refractivity contribution in [3.63, 3.8) is 0 Å². The maximum atomic E-state index is 5.30. The number of pyridine rings is 1. The number of ether oxygens (including phenoxy) is 1. The van der Waals surface area contributed by atoms with Crippen LogP contribution in [0.25, 0.3) is 11.2 Å². The lowest BCUT2D eigenvalue weighted by Crippen LogP contribution is -1.94. The van der Waals surface area contributed by atoms with Crippen LogP contribution in [0.15, 0.2) is 18.3 Å². The van der Waals surface area contributed by atoms with E-state index in [1.54, 1.807) is 6.20 Å². The third kappa shape index (κ3) is 0.617. The SMILES string of the molecule is c1cnc2c(c1)nc1n2CCO1. The van der Waals surface area contributed by atoms with E-state index in [0.29, 0.717) is 6.01 Å². The summed E-state index contributed by atoms with van der Waals surface area (Å²) in [6.07, 6.45) is 1.77. The van der Waals surface area contributed by atoms with E-state index in [-0.39, 0.29) is 0 Å². The smallest absolute Gasteiger partial charge is 0.298 e. The molecule has 0 aromatic carbocycles. The molecular weight excluding hydrogens is 154 g/mol. The van der Waals surface area contributed by atoms with Crippen LogP contribution in [0.3, 0.4) is 0 Å². The van der Waals surface area contributed by atoms with E-state index in [4.69, 9.17) is 4.74 Å². The van der Waals surface area contributed by atoms with E-state index in [9.17, 15) is 0 Å². The summed E-state index contributed by atoms with van der Waals surface area (Å²) in [7, 11) is 0. The van der Waals surface area contributed by atoms with E-state index in [1.165, 1.54) is 0 Å². The van der Waals surface area contributed by atoms with Gasteiger partial charge in [-0.2, -0.15) is 4.98 Å². The molecule has 0 N–H and O–H groups in total. The van der Waals surface area contributed by atoms with Gasteiger partial charge in [-0.15, -0.1) is 0 Å². The number of fused-ring (bicyclic) bond motifs is 3. The Labute approximate surface area is 68.8 Å². The lowest BCUT2D eigenvalue weighted by atomic mass is 10.4. The van der Waals surface area contributed by atoms with Crippen molar-refractivity contribution in [2.24, 2.45) is 0 Å². The van der Waals surface area contributed by atoms with Crippen LogP contribution in [0.1, 0.15) is 0 Å². The minimum Gasteiger partial charge on any atom is -0.463 e. The van der Waals surface area contributed by atoms with E-state index < -0.39 is 0 Å². The third-order valence-corrected chi connectivity index (χ3v) is 2.01. The second-order valence-corrected chi connectivity index (χ2v) is 2.74. The molecule has 0 radical (unpaired) electrons. The molecule has 0 amide bonds. The summed E-state index contributed by atoms with van der Waals surface area (Å²) in [5, 5.41) is 0. The predicted molar refractivity (Wildman–Crippen MR) is 43.0 cm³/mol. The van der Waals surface area contributed by atoms with Gasteiger partial charge >= 0.3 is 0 Å². The highest BCUT2D eigenvalue weighted by Gasteiger charge is 2.17. The molecule has 0 fully saturated rings. The topological polar surface area (TPSA) is 39.9 Å². The number of hydrogen-bond donors (Lipinski definition) is 0. The lowest BCUT2D eigenvalue weighted by Gasteiger charge is -1.91. The van der Waals surface area contributed by atoms with Crippen LogP contribution in [0.5, 0.6) is 6.01 Å². The molecule has 0 saturated heterocycles. The van der Waals surface area contributed by atoms with E-state index in [0.717, 1.165) is 24.3 Å². The van der Waals surface area contributed by atoms with Crippen molar-refractivity contribution in [1.82, 2.24) is 14.5 Å². The van der Waals surface area contributed by atoms with Gasteiger partial charge < -0.3 is 4.74 Å². The zero-order valence-corrected chi connectivity index (χ0v) is 6.40. The zero-order chi connectivity index (χ0) is 7.97. The fraction of sp³-hybridized carbons (Fsp3) is 0.250. The molecule has 0 saturated carbocycles. The highest BCUT2D eigenvalue weighted by molar-refractivity contribution is 5.72. The van der Waals surface area contributed by atoms with Crippen LogP contribution in [-0.2, 0) is 6.54 Å². The van der Waals surface area contributed by atoms with Gasteiger partial charge in [-0.3, -0.25) is 4.57 Å². The monoisotopic (exact) mass is 161 g/mol. The number of nitrogens with zero attached hydrogens (tertiary/aromatic N) is 3. The molecule has 0 bridgehead atoms. The van der Waals surface area contributed by atoms with Gasteiger partial charge in [0.2, 0.25) is 0 Å². The quantitative estimate of drug-likeness (QED) is 0.574. The summed E-state index contributed by atoms with van der Waals surface area (Å²) in [4.78, 5) is 8.50. The number of hydrogen-bond acceptors (Lipinski definition) is 3. The molecule has 12 heavy (non-hydrogen) atoms. The van der Waals surface area contributed by atoms with Crippen LogP contribution in [0.4, 0.5) is 0 Å².